The Morgan fingerprint density at radius 3 is 2.47 bits per heavy atom. The van der Waals surface area contributed by atoms with Gasteiger partial charge in [-0.1, -0.05) is 11.3 Å². The largest absolute Gasteiger partial charge is 0.496 e. The lowest BCUT2D eigenvalue weighted by Crippen LogP contribution is -2.56. The van der Waals surface area contributed by atoms with E-state index in [0.717, 1.165) is 15.9 Å². The molecule has 2 N–H and O–H groups in total. The third-order valence-corrected chi connectivity index (χ3v) is 8.12. The third kappa shape index (κ3) is 6.22. The van der Waals surface area contributed by atoms with Crippen LogP contribution in [0.4, 0.5) is 4.39 Å². The van der Waals surface area contributed by atoms with Gasteiger partial charge in [0.25, 0.3) is 5.56 Å². The summed E-state index contributed by atoms with van der Waals surface area (Å²) < 4.78 is 28.0. The van der Waals surface area contributed by atoms with Crippen LogP contribution in [0.2, 0.25) is 0 Å². The van der Waals surface area contributed by atoms with E-state index in [-0.39, 0.29) is 47.1 Å². The summed E-state index contributed by atoms with van der Waals surface area (Å²) in [7, 11) is 1.39. The van der Waals surface area contributed by atoms with Crippen LogP contribution in [0.25, 0.3) is 15.2 Å². The van der Waals surface area contributed by atoms with Crippen LogP contribution in [-0.2, 0) is 26.4 Å². The number of carbonyl (C=O) groups excluding carboxylic acids is 1. The van der Waals surface area contributed by atoms with Crippen LogP contribution in [0.15, 0.2) is 40.2 Å². The lowest BCUT2D eigenvalue weighted by atomic mass is 10.0. The van der Waals surface area contributed by atoms with E-state index in [9.17, 15) is 28.7 Å². The van der Waals surface area contributed by atoms with Gasteiger partial charge in [0.2, 0.25) is 5.91 Å². The second-order valence-corrected chi connectivity index (χ2v) is 11.6. The number of fused-ring (bicyclic) bond motifs is 1. The smallest absolute Gasteiger partial charge is 0.333 e. The molecule has 1 amide bonds. The van der Waals surface area contributed by atoms with Crippen molar-refractivity contribution in [2.45, 2.75) is 65.3 Å². The molecule has 0 fully saturated rings. The average molecular weight is 617 g/mol. The number of nitrogens with zero attached hydrogens (tertiary/aromatic N) is 5. The summed E-state index contributed by atoms with van der Waals surface area (Å²) in [5.74, 6) is -2.01. The highest BCUT2D eigenvalue weighted by molar-refractivity contribution is 7.21. The average Bonchev–Trinajstić information content (AvgIpc) is 3.57. The second-order valence-electron chi connectivity index (χ2n) is 10.6. The standard InChI is InChI=1S/C28H33FN6O7S/c1-15(2)32-26(39)28(4,5)34-23(38)22-16(3)24(35-30-10-11-31-35)43-25(22)33(27(34)40)14-20(42-12-9-21(36)37)18-13-17(29)7-8-19(18)41-6/h7-8,10-11,13,15,20H,9,12,14H2,1-6H3,(H,32,39)(H,36,37). The van der Waals surface area contributed by atoms with Gasteiger partial charge in [-0.25, -0.2) is 13.8 Å². The summed E-state index contributed by atoms with van der Waals surface area (Å²) >= 11 is 1.09. The molecule has 230 valence electrons. The molecular weight excluding hydrogens is 583 g/mol. The molecule has 0 spiro atoms. The fourth-order valence-corrected chi connectivity index (χ4v) is 5.91. The van der Waals surface area contributed by atoms with Crippen molar-refractivity contribution < 1.29 is 28.6 Å². The van der Waals surface area contributed by atoms with Gasteiger partial charge in [-0.2, -0.15) is 10.2 Å². The molecule has 13 nitrogen and oxygen atoms in total. The van der Waals surface area contributed by atoms with E-state index in [2.05, 4.69) is 15.5 Å². The number of carbonyl (C=O) groups is 2. The summed E-state index contributed by atoms with van der Waals surface area (Å²) in [6, 6.07) is 3.51. The first-order chi connectivity index (χ1) is 20.3. The normalized spacial score (nSPS) is 12.6. The Kier molecular flexibility index (Phi) is 9.15. The number of ether oxygens (including phenoxy) is 2. The van der Waals surface area contributed by atoms with Crippen molar-refractivity contribution in [1.29, 1.82) is 0 Å². The van der Waals surface area contributed by atoms with Crippen LogP contribution in [0.5, 0.6) is 5.75 Å². The predicted octanol–water partition coefficient (Wildman–Crippen LogP) is 2.75. The van der Waals surface area contributed by atoms with E-state index in [4.69, 9.17) is 9.47 Å². The molecule has 43 heavy (non-hydrogen) atoms. The zero-order chi connectivity index (χ0) is 31.6. The predicted molar refractivity (Wildman–Crippen MR) is 156 cm³/mol. The van der Waals surface area contributed by atoms with E-state index in [0.29, 0.717) is 10.6 Å². The second kappa shape index (κ2) is 12.5. The Labute approximate surface area is 249 Å². The van der Waals surface area contributed by atoms with Crippen molar-refractivity contribution in [2.75, 3.05) is 13.7 Å². The van der Waals surface area contributed by atoms with Crippen molar-refractivity contribution >= 4 is 33.4 Å². The minimum absolute atomic E-state index is 0.165. The van der Waals surface area contributed by atoms with Gasteiger partial charge in [0.1, 0.15) is 33.0 Å². The van der Waals surface area contributed by atoms with E-state index in [1.807, 2.05) is 0 Å². The molecule has 0 bridgehead atoms. The van der Waals surface area contributed by atoms with Crippen LogP contribution in [-0.4, -0.2) is 60.9 Å². The van der Waals surface area contributed by atoms with Crippen LogP contribution < -0.4 is 21.3 Å². The van der Waals surface area contributed by atoms with Crippen LogP contribution in [0.1, 0.15) is 51.3 Å². The molecule has 4 aromatic rings. The molecule has 0 radical (unpaired) electrons. The topological polar surface area (TPSA) is 160 Å². The number of rotatable bonds is 12. The summed E-state index contributed by atoms with van der Waals surface area (Å²) in [5, 5.41) is 20.9. The summed E-state index contributed by atoms with van der Waals surface area (Å²) in [4.78, 5) is 54.5. The molecular formula is C28H33FN6O7S. The number of hydrogen-bond donors (Lipinski definition) is 2. The Bertz CT molecular complexity index is 1770. The third-order valence-electron chi connectivity index (χ3n) is 6.84. The first-order valence-electron chi connectivity index (χ1n) is 13.4. The Hall–Kier alpha value is -4.37. The van der Waals surface area contributed by atoms with E-state index in [1.165, 1.54) is 60.9 Å². The minimum Gasteiger partial charge on any atom is -0.496 e. The fraction of sp³-hybridized carbons (Fsp3) is 0.429. The van der Waals surface area contributed by atoms with Crippen LogP contribution in [0, 0.1) is 12.7 Å². The highest BCUT2D eigenvalue weighted by Crippen LogP contribution is 2.34. The minimum atomic E-state index is -1.62. The van der Waals surface area contributed by atoms with Crippen molar-refractivity contribution in [3.05, 3.63) is 68.4 Å². The molecule has 0 aliphatic rings. The van der Waals surface area contributed by atoms with Crippen molar-refractivity contribution in [1.82, 2.24) is 29.4 Å². The van der Waals surface area contributed by atoms with E-state index < -0.39 is 40.6 Å². The van der Waals surface area contributed by atoms with Crippen molar-refractivity contribution in [3.8, 4) is 10.8 Å². The Balaban J connectivity index is 2.02. The lowest BCUT2D eigenvalue weighted by molar-refractivity contribution is -0.138. The molecule has 3 aromatic heterocycles. The van der Waals surface area contributed by atoms with Gasteiger partial charge in [-0.3, -0.25) is 19.0 Å². The zero-order valence-electron chi connectivity index (χ0n) is 24.6. The number of aromatic nitrogens is 5. The van der Waals surface area contributed by atoms with Crippen LogP contribution in [0.3, 0.4) is 0 Å². The number of hydrogen-bond acceptors (Lipinski definition) is 9. The monoisotopic (exact) mass is 616 g/mol. The maximum atomic E-state index is 14.5. The Morgan fingerprint density at radius 2 is 1.86 bits per heavy atom. The number of halogens is 1. The van der Waals surface area contributed by atoms with Gasteiger partial charge in [0.05, 0.1) is 44.5 Å². The molecule has 1 aromatic carbocycles. The molecule has 0 aliphatic carbocycles. The van der Waals surface area contributed by atoms with Gasteiger partial charge >= 0.3 is 11.7 Å². The number of amides is 1. The number of aliphatic carboxylic acids is 1. The maximum Gasteiger partial charge on any atom is 0.333 e. The SMILES string of the molecule is COc1ccc(F)cc1C(Cn1c(=O)n(C(C)(C)C(=O)NC(C)C)c(=O)c2c(C)c(-n3nccn3)sc21)OCCC(=O)O. The quantitative estimate of drug-likeness (QED) is 0.244. The zero-order valence-corrected chi connectivity index (χ0v) is 25.4. The summed E-state index contributed by atoms with van der Waals surface area (Å²) in [6.45, 7) is 7.62. The maximum absolute atomic E-state index is 14.5. The lowest BCUT2D eigenvalue weighted by Gasteiger charge is -2.28. The molecule has 0 aliphatic heterocycles. The van der Waals surface area contributed by atoms with Crippen molar-refractivity contribution in [3.63, 3.8) is 0 Å². The highest BCUT2D eigenvalue weighted by atomic mass is 32.1. The number of methoxy groups -OCH3 is 1. The summed E-state index contributed by atoms with van der Waals surface area (Å²) in [6.07, 6.45) is 1.50. The number of thiophene rings is 1. The fourth-order valence-electron chi connectivity index (χ4n) is 4.69. The molecule has 0 saturated heterocycles. The number of nitrogens with one attached hydrogen (secondary N) is 1. The molecule has 0 saturated carbocycles. The number of benzene rings is 1. The number of carboxylic acid groups (broad SMARTS) is 1. The molecule has 1 atom stereocenters. The van der Waals surface area contributed by atoms with E-state index in [1.54, 1.807) is 20.8 Å². The Morgan fingerprint density at radius 1 is 1.19 bits per heavy atom. The molecule has 3 heterocycles. The van der Waals surface area contributed by atoms with Gasteiger partial charge < -0.3 is 19.9 Å². The van der Waals surface area contributed by atoms with Crippen molar-refractivity contribution in [2.24, 2.45) is 0 Å². The molecule has 4 rings (SSSR count). The van der Waals surface area contributed by atoms with Gasteiger partial charge in [-0.05, 0) is 52.8 Å². The molecule has 1 unspecified atom stereocenters. The number of aryl methyl sites for hydroxylation is 1. The van der Waals surface area contributed by atoms with Gasteiger partial charge in [-0.15, -0.1) is 4.80 Å². The summed E-state index contributed by atoms with van der Waals surface area (Å²) in [5.41, 5.74) is -2.41. The van der Waals surface area contributed by atoms with Crippen LogP contribution >= 0.6 is 11.3 Å². The number of carboxylic acids is 1. The van der Waals surface area contributed by atoms with Gasteiger partial charge in [0, 0.05) is 17.2 Å². The van der Waals surface area contributed by atoms with E-state index >= 15 is 0 Å². The van der Waals surface area contributed by atoms with Gasteiger partial charge in [0.15, 0.2) is 0 Å². The first-order valence-corrected chi connectivity index (χ1v) is 14.2. The highest BCUT2D eigenvalue weighted by Gasteiger charge is 2.36. The molecule has 15 heteroatoms. The first kappa shape index (κ1) is 31.6.